The maximum Gasteiger partial charge on any atom is 0.249 e. The predicted octanol–water partition coefficient (Wildman–Crippen LogP) is 4.86. The summed E-state index contributed by atoms with van der Waals surface area (Å²) in [6.45, 7) is 0. The van der Waals surface area contributed by atoms with Gasteiger partial charge in [0.2, 0.25) is 11.7 Å². The van der Waals surface area contributed by atoms with Crippen molar-refractivity contribution in [3.05, 3.63) is 107 Å². The number of para-hydroxylation sites is 1. The molecule has 2 aliphatic rings. The van der Waals surface area contributed by atoms with Crippen molar-refractivity contribution in [1.82, 2.24) is 5.43 Å². The number of benzene rings is 3. The number of nitrogens with one attached hydrogen (secondary N) is 2. The second-order valence-electron chi connectivity index (χ2n) is 7.58. The number of ketones is 1. The van der Waals surface area contributed by atoms with Crippen LogP contribution in [0, 0.1) is 23.1 Å². The molecule has 6 nitrogen and oxygen atoms in total. The third-order valence-corrected chi connectivity index (χ3v) is 6.58. The Labute approximate surface area is 199 Å². The van der Waals surface area contributed by atoms with E-state index >= 15 is 0 Å². The van der Waals surface area contributed by atoms with Gasteiger partial charge in [-0.1, -0.05) is 48.2 Å². The molecule has 0 aromatic heterocycles. The van der Waals surface area contributed by atoms with Crippen molar-refractivity contribution in [3.8, 4) is 6.07 Å². The lowest BCUT2D eigenvalue weighted by atomic mass is 10.0. The molecule has 1 atom stereocenters. The van der Waals surface area contributed by atoms with Crippen LogP contribution in [-0.4, -0.2) is 11.7 Å². The van der Waals surface area contributed by atoms with Crippen molar-refractivity contribution < 1.29 is 14.0 Å². The molecule has 2 heterocycles. The Bertz CT molecular complexity index is 1390. The normalized spacial score (nSPS) is 14.8. The second-order valence-corrected chi connectivity index (χ2v) is 8.63. The fourth-order valence-corrected chi connectivity index (χ4v) is 4.83. The summed E-state index contributed by atoms with van der Waals surface area (Å²) >= 11 is 1.41. The van der Waals surface area contributed by atoms with Crippen LogP contribution in [0.2, 0.25) is 0 Å². The first kappa shape index (κ1) is 21.5. The number of nitriles is 1. The lowest BCUT2D eigenvalue weighted by Crippen LogP contribution is -2.37. The number of thioether (sulfide) groups is 1. The van der Waals surface area contributed by atoms with Gasteiger partial charge in [-0.2, -0.15) is 5.26 Å². The van der Waals surface area contributed by atoms with Crippen LogP contribution >= 0.6 is 11.8 Å². The number of rotatable bonds is 5. The molecule has 1 unspecified atom stereocenters. The number of Topliss-reactive ketones (excluding diaryl/α,β-unsaturated/α-hetero) is 1. The maximum atomic E-state index is 13.5. The topological polar surface area (TPSA) is 85.2 Å². The second kappa shape index (κ2) is 8.89. The number of nitrogens with zero attached hydrogens (tertiary/aromatic N) is 2. The summed E-state index contributed by atoms with van der Waals surface area (Å²) < 4.78 is 13.2. The fraction of sp³-hybridized carbons (Fsp3) is 0.0385. The number of hydrogen-bond acceptors (Lipinski definition) is 6. The van der Waals surface area contributed by atoms with Gasteiger partial charge in [-0.05, 0) is 54.1 Å². The van der Waals surface area contributed by atoms with Gasteiger partial charge in [0.1, 0.15) is 11.5 Å². The molecule has 5 rings (SSSR count). The summed E-state index contributed by atoms with van der Waals surface area (Å²) in [5, 5.41) is 14.0. The number of amides is 1. The van der Waals surface area contributed by atoms with Crippen LogP contribution < -0.4 is 15.8 Å². The van der Waals surface area contributed by atoms with Gasteiger partial charge in [0.25, 0.3) is 0 Å². The third kappa shape index (κ3) is 3.93. The van der Waals surface area contributed by atoms with Crippen LogP contribution in [0.1, 0.15) is 5.56 Å². The summed E-state index contributed by atoms with van der Waals surface area (Å²) in [5.41, 5.74) is 6.16. The zero-order valence-electron chi connectivity index (χ0n) is 17.7. The van der Waals surface area contributed by atoms with Crippen LogP contribution in [0.3, 0.4) is 0 Å². The first-order valence-electron chi connectivity index (χ1n) is 10.4. The highest BCUT2D eigenvalue weighted by Gasteiger charge is 2.39. The zero-order chi connectivity index (χ0) is 23.7. The molecule has 0 bridgehead atoms. The summed E-state index contributed by atoms with van der Waals surface area (Å²) in [6.07, 6.45) is 1.97. The van der Waals surface area contributed by atoms with Gasteiger partial charge in [0.15, 0.2) is 5.92 Å². The van der Waals surface area contributed by atoms with Crippen LogP contribution in [0.15, 0.2) is 100 Å². The van der Waals surface area contributed by atoms with Gasteiger partial charge in [-0.25, -0.2) is 4.39 Å². The van der Waals surface area contributed by atoms with Gasteiger partial charge in [0.05, 0.1) is 22.4 Å². The Morgan fingerprint density at radius 1 is 1.00 bits per heavy atom. The average molecular weight is 469 g/mol. The standard InChI is InChI=1S/C26H17FN4O2S/c27-17-10-12-18(13-11-17)29-26(33)20(15-28)24(32)23-25-21(14-16-6-4-5-9-22(16)34-25)31(30-23)19-7-2-1-3-8-19/h1-14,20,30H,(H,29,33). The molecule has 0 saturated carbocycles. The number of anilines is 2. The molecule has 0 fully saturated rings. The van der Waals surface area contributed by atoms with Crippen molar-refractivity contribution in [2.75, 3.05) is 10.3 Å². The lowest BCUT2D eigenvalue weighted by molar-refractivity contribution is -0.126. The zero-order valence-corrected chi connectivity index (χ0v) is 18.5. The number of carbonyl (C=O) groups is 2. The Morgan fingerprint density at radius 3 is 2.44 bits per heavy atom. The van der Waals surface area contributed by atoms with Crippen LogP contribution in [0.5, 0.6) is 0 Å². The van der Waals surface area contributed by atoms with Gasteiger partial charge < -0.3 is 5.32 Å². The molecule has 0 saturated heterocycles. The van der Waals surface area contributed by atoms with Crippen molar-refractivity contribution in [2.24, 2.45) is 5.92 Å². The highest BCUT2D eigenvalue weighted by molar-refractivity contribution is 8.03. The summed E-state index contributed by atoms with van der Waals surface area (Å²) in [4.78, 5) is 27.9. The van der Waals surface area contributed by atoms with E-state index in [0.717, 1.165) is 21.8 Å². The Balaban J connectivity index is 1.50. The first-order chi connectivity index (χ1) is 16.5. The van der Waals surface area contributed by atoms with Crippen molar-refractivity contribution >= 4 is 40.9 Å². The molecule has 0 aliphatic carbocycles. The molecule has 166 valence electrons. The molecular formula is C26H17FN4O2S. The summed E-state index contributed by atoms with van der Waals surface area (Å²) in [7, 11) is 0. The Kier molecular flexibility index (Phi) is 5.62. The highest BCUT2D eigenvalue weighted by Crippen LogP contribution is 2.46. The number of fused-ring (bicyclic) bond motifs is 2. The predicted molar refractivity (Wildman–Crippen MR) is 128 cm³/mol. The van der Waals surface area contributed by atoms with Crippen molar-refractivity contribution in [3.63, 3.8) is 0 Å². The molecular weight excluding hydrogens is 451 g/mol. The first-order valence-corrected chi connectivity index (χ1v) is 11.2. The molecule has 3 aromatic rings. The number of hydrazine groups is 1. The maximum absolute atomic E-state index is 13.5. The smallest absolute Gasteiger partial charge is 0.249 e. The SMILES string of the molecule is N#CC(C(=O)Nc1ccc(F)cc1)C(=O)C1=C2Sc3ccccc3C=C2N(c2ccccc2)N1. The van der Waals surface area contributed by atoms with Crippen LogP contribution in [-0.2, 0) is 9.59 Å². The molecule has 0 spiro atoms. The fourth-order valence-electron chi connectivity index (χ4n) is 3.71. The molecule has 0 radical (unpaired) electrons. The molecule has 8 heteroatoms. The molecule has 34 heavy (non-hydrogen) atoms. The lowest BCUT2D eigenvalue weighted by Gasteiger charge is -2.24. The minimum atomic E-state index is -1.59. The summed E-state index contributed by atoms with van der Waals surface area (Å²) in [6, 6.07) is 24.2. The largest absolute Gasteiger partial charge is 0.325 e. The van der Waals surface area contributed by atoms with E-state index < -0.39 is 23.4 Å². The summed E-state index contributed by atoms with van der Waals surface area (Å²) in [5.74, 6) is -3.47. The van der Waals surface area contributed by atoms with E-state index in [9.17, 15) is 19.2 Å². The van der Waals surface area contributed by atoms with E-state index in [4.69, 9.17) is 0 Å². The van der Waals surface area contributed by atoms with Gasteiger partial charge in [-0.15, -0.1) is 0 Å². The Hall–Kier alpha value is -4.35. The number of allylic oxidation sites excluding steroid dienone is 1. The van der Waals surface area contributed by atoms with E-state index in [1.165, 1.54) is 36.0 Å². The number of carbonyl (C=O) groups excluding carboxylic acids is 2. The average Bonchev–Trinajstić information content (AvgIpc) is 3.23. The van der Waals surface area contributed by atoms with E-state index in [-0.39, 0.29) is 5.70 Å². The Morgan fingerprint density at radius 2 is 1.71 bits per heavy atom. The van der Waals surface area contributed by atoms with Crippen LogP contribution in [0.25, 0.3) is 6.08 Å². The van der Waals surface area contributed by atoms with Gasteiger partial charge >= 0.3 is 0 Å². The molecule has 3 aromatic carbocycles. The van der Waals surface area contributed by atoms with Gasteiger partial charge in [-0.3, -0.25) is 20.0 Å². The van der Waals surface area contributed by atoms with E-state index in [1.54, 1.807) is 5.01 Å². The molecule has 1 amide bonds. The van der Waals surface area contributed by atoms with Crippen molar-refractivity contribution in [1.29, 1.82) is 5.26 Å². The van der Waals surface area contributed by atoms with Crippen LogP contribution in [0.4, 0.5) is 15.8 Å². The highest BCUT2D eigenvalue weighted by atomic mass is 32.2. The van der Waals surface area contributed by atoms with E-state index in [1.807, 2.05) is 66.7 Å². The van der Waals surface area contributed by atoms with Gasteiger partial charge in [0, 0.05) is 10.6 Å². The molecule has 2 N–H and O–H groups in total. The minimum absolute atomic E-state index is 0.176. The monoisotopic (exact) mass is 468 g/mol. The van der Waals surface area contributed by atoms with Crippen molar-refractivity contribution in [2.45, 2.75) is 4.90 Å². The quantitative estimate of drug-likeness (QED) is 0.521. The number of hydrogen-bond donors (Lipinski definition) is 2. The third-order valence-electron chi connectivity index (χ3n) is 5.37. The minimum Gasteiger partial charge on any atom is -0.325 e. The van der Waals surface area contributed by atoms with E-state index in [2.05, 4.69) is 10.7 Å². The molecule has 2 aliphatic heterocycles. The number of halogens is 1. The van der Waals surface area contributed by atoms with E-state index in [0.29, 0.717) is 10.6 Å².